The number of nitrogens with zero attached hydrogens (tertiary/aromatic N) is 5. The fourth-order valence-corrected chi connectivity index (χ4v) is 4.55. The topological polar surface area (TPSA) is 93.0 Å². The quantitative estimate of drug-likeness (QED) is 0.732. The van der Waals surface area contributed by atoms with Crippen molar-refractivity contribution in [3.63, 3.8) is 0 Å². The van der Waals surface area contributed by atoms with Crippen molar-refractivity contribution in [2.75, 3.05) is 6.54 Å². The van der Waals surface area contributed by atoms with Crippen LogP contribution < -0.4 is 5.32 Å². The number of rotatable bonds is 7. The van der Waals surface area contributed by atoms with E-state index in [9.17, 15) is 14.0 Å². The van der Waals surface area contributed by atoms with Crippen LogP contribution in [0.3, 0.4) is 0 Å². The number of amides is 2. The average molecular weight is 429 g/mol. The molecule has 2 aliphatic rings. The summed E-state index contributed by atoms with van der Waals surface area (Å²) in [5, 5.41) is 15.3. The lowest BCUT2D eigenvalue weighted by Gasteiger charge is -2.30. The molecule has 0 bridgehead atoms. The molecule has 1 aromatic heterocycles. The molecular formula is C22H29FN6O2. The van der Waals surface area contributed by atoms with Gasteiger partial charge in [0.25, 0.3) is 0 Å². The van der Waals surface area contributed by atoms with Crippen molar-refractivity contribution in [1.29, 1.82) is 0 Å². The van der Waals surface area contributed by atoms with Crippen LogP contribution in [0.4, 0.5) is 4.39 Å². The molecule has 31 heavy (non-hydrogen) atoms. The molecule has 0 spiro atoms. The fourth-order valence-electron chi connectivity index (χ4n) is 4.55. The van der Waals surface area contributed by atoms with E-state index < -0.39 is 0 Å². The minimum Gasteiger partial charge on any atom is -0.352 e. The highest BCUT2D eigenvalue weighted by molar-refractivity contribution is 5.85. The third kappa shape index (κ3) is 5.65. The number of nitrogens with one attached hydrogen (secondary N) is 1. The minimum absolute atomic E-state index is 0.0690. The van der Waals surface area contributed by atoms with Crippen LogP contribution >= 0.6 is 0 Å². The van der Waals surface area contributed by atoms with Crippen LogP contribution in [-0.4, -0.2) is 55.5 Å². The van der Waals surface area contributed by atoms with Crippen LogP contribution in [0.2, 0.25) is 0 Å². The zero-order valence-electron chi connectivity index (χ0n) is 17.7. The number of benzene rings is 1. The Morgan fingerprint density at radius 2 is 1.71 bits per heavy atom. The Labute approximate surface area is 181 Å². The van der Waals surface area contributed by atoms with Crippen molar-refractivity contribution < 1.29 is 14.0 Å². The Kier molecular flexibility index (Phi) is 6.89. The van der Waals surface area contributed by atoms with Crippen molar-refractivity contribution in [3.8, 4) is 11.4 Å². The van der Waals surface area contributed by atoms with Crippen LogP contribution in [0.1, 0.15) is 57.8 Å². The van der Waals surface area contributed by atoms with Gasteiger partial charge in [-0.1, -0.05) is 32.1 Å². The number of halogens is 1. The molecule has 0 saturated heterocycles. The maximum atomic E-state index is 13.1. The molecule has 1 heterocycles. The summed E-state index contributed by atoms with van der Waals surface area (Å²) in [5.41, 5.74) is 0.625. The Morgan fingerprint density at radius 3 is 2.42 bits per heavy atom. The van der Waals surface area contributed by atoms with Gasteiger partial charge in [-0.2, -0.15) is 4.80 Å². The summed E-state index contributed by atoms with van der Waals surface area (Å²) in [4.78, 5) is 28.7. The first kappa shape index (κ1) is 21.4. The fraction of sp³-hybridized carbons (Fsp3) is 0.591. The molecule has 166 valence electrons. The lowest BCUT2D eigenvalue weighted by atomic mass is 9.95. The molecule has 0 aliphatic heterocycles. The van der Waals surface area contributed by atoms with Crippen LogP contribution in [0.25, 0.3) is 11.4 Å². The summed E-state index contributed by atoms with van der Waals surface area (Å²) in [7, 11) is 0. The van der Waals surface area contributed by atoms with Gasteiger partial charge in [-0.15, -0.1) is 10.2 Å². The molecule has 2 fully saturated rings. The van der Waals surface area contributed by atoms with Gasteiger partial charge in [-0.3, -0.25) is 9.59 Å². The summed E-state index contributed by atoms with van der Waals surface area (Å²) in [6.07, 6.45) is 9.49. The van der Waals surface area contributed by atoms with Gasteiger partial charge < -0.3 is 10.2 Å². The Morgan fingerprint density at radius 1 is 1.03 bits per heavy atom. The first-order valence-corrected chi connectivity index (χ1v) is 11.2. The first-order chi connectivity index (χ1) is 15.1. The number of tetrazole rings is 1. The maximum Gasteiger partial charge on any atom is 0.246 e. The van der Waals surface area contributed by atoms with Crippen LogP contribution in [0, 0.1) is 5.82 Å². The molecule has 2 amide bonds. The number of carbonyl (C=O) groups excluding carboxylic acids is 2. The average Bonchev–Trinajstić information content (AvgIpc) is 3.46. The van der Waals surface area contributed by atoms with E-state index in [1.54, 1.807) is 17.0 Å². The smallest absolute Gasteiger partial charge is 0.246 e. The molecule has 0 unspecified atom stereocenters. The van der Waals surface area contributed by atoms with Gasteiger partial charge in [0.1, 0.15) is 12.4 Å². The second-order valence-corrected chi connectivity index (χ2v) is 8.51. The van der Waals surface area contributed by atoms with E-state index in [4.69, 9.17) is 0 Å². The summed E-state index contributed by atoms with van der Waals surface area (Å²) in [6.45, 7) is -0.0130. The second-order valence-electron chi connectivity index (χ2n) is 8.51. The molecule has 1 N–H and O–H groups in total. The van der Waals surface area contributed by atoms with Gasteiger partial charge >= 0.3 is 0 Å². The molecular weight excluding hydrogens is 399 g/mol. The second kappa shape index (κ2) is 9.98. The Hall–Kier alpha value is -2.84. The SMILES string of the molecule is O=C(CN(C(=O)Cn1nnc(-c2ccc(F)cc2)n1)C1CCCC1)NC1CCCCC1. The number of carbonyl (C=O) groups is 2. The van der Waals surface area contributed by atoms with Crippen molar-refractivity contribution in [2.45, 2.75) is 76.4 Å². The van der Waals surface area contributed by atoms with Crippen LogP contribution in [0.5, 0.6) is 0 Å². The van der Waals surface area contributed by atoms with Gasteiger partial charge in [0.2, 0.25) is 17.6 Å². The van der Waals surface area contributed by atoms with Crippen molar-refractivity contribution in [3.05, 3.63) is 30.1 Å². The highest BCUT2D eigenvalue weighted by Gasteiger charge is 2.29. The van der Waals surface area contributed by atoms with E-state index in [-0.39, 0.29) is 42.8 Å². The zero-order chi connectivity index (χ0) is 21.6. The Bertz CT molecular complexity index is 888. The Balaban J connectivity index is 1.40. The number of hydrogen-bond donors (Lipinski definition) is 1. The summed E-state index contributed by atoms with van der Waals surface area (Å²) in [5.74, 6) is -0.292. The standard InChI is InChI=1S/C22H29FN6O2/c23-17-12-10-16(11-13-17)22-25-27-29(26-22)15-21(31)28(19-8-4-5-9-19)14-20(30)24-18-6-2-1-3-7-18/h10-13,18-19H,1-9,14-15H2,(H,24,30). The molecule has 9 heteroatoms. The van der Waals surface area contributed by atoms with Gasteiger partial charge in [0.05, 0.1) is 6.54 Å². The largest absolute Gasteiger partial charge is 0.352 e. The molecule has 0 radical (unpaired) electrons. The van der Waals surface area contributed by atoms with E-state index in [1.807, 2.05) is 0 Å². The van der Waals surface area contributed by atoms with E-state index in [0.717, 1.165) is 51.4 Å². The van der Waals surface area contributed by atoms with Gasteiger partial charge in [-0.25, -0.2) is 4.39 Å². The van der Waals surface area contributed by atoms with Gasteiger partial charge in [0, 0.05) is 17.6 Å². The van der Waals surface area contributed by atoms with Crippen molar-refractivity contribution >= 4 is 11.8 Å². The number of aromatic nitrogens is 4. The molecule has 2 aliphatic carbocycles. The first-order valence-electron chi connectivity index (χ1n) is 11.2. The van der Waals surface area contributed by atoms with Gasteiger partial charge in [0.15, 0.2) is 0 Å². The lowest BCUT2D eigenvalue weighted by Crippen LogP contribution is -2.49. The van der Waals surface area contributed by atoms with E-state index in [2.05, 4.69) is 20.7 Å². The monoisotopic (exact) mass is 428 g/mol. The van der Waals surface area contributed by atoms with Crippen LogP contribution in [-0.2, 0) is 16.1 Å². The lowest BCUT2D eigenvalue weighted by molar-refractivity contribution is -0.139. The molecule has 0 atom stereocenters. The predicted octanol–water partition coefficient (Wildman–Crippen LogP) is 2.70. The number of hydrogen-bond acceptors (Lipinski definition) is 5. The minimum atomic E-state index is -0.343. The molecule has 2 aromatic rings. The predicted molar refractivity (Wildman–Crippen MR) is 112 cm³/mol. The zero-order valence-corrected chi connectivity index (χ0v) is 17.7. The molecule has 8 nitrogen and oxygen atoms in total. The molecule has 1 aromatic carbocycles. The van der Waals surface area contributed by atoms with E-state index >= 15 is 0 Å². The third-order valence-corrected chi connectivity index (χ3v) is 6.20. The summed E-state index contributed by atoms with van der Waals surface area (Å²) < 4.78 is 13.1. The van der Waals surface area contributed by atoms with Gasteiger partial charge in [-0.05, 0) is 55.2 Å². The molecule has 2 saturated carbocycles. The van der Waals surface area contributed by atoms with Crippen molar-refractivity contribution in [1.82, 2.24) is 30.4 Å². The van der Waals surface area contributed by atoms with Crippen molar-refractivity contribution in [2.24, 2.45) is 0 Å². The summed E-state index contributed by atoms with van der Waals surface area (Å²) in [6, 6.07) is 6.08. The third-order valence-electron chi connectivity index (χ3n) is 6.20. The summed E-state index contributed by atoms with van der Waals surface area (Å²) >= 11 is 0. The van der Waals surface area contributed by atoms with Crippen LogP contribution in [0.15, 0.2) is 24.3 Å². The highest BCUT2D eigenvalue weighted by atomic mass is 19.1. The van der Waals surface area contributed by atoms with E-state index in [0.29, 0.717) is 11.4 Å². The molecule has 4 rings (SSSR count). The highest BCUT2D eigenvalue weighted by Crippen LogP contribution is 2.24. The normalized spacial score (nSPS) is 17.6. The van der Waals surface area contributed by atoms with E-state index in [1.165, 1.54) is 23.4 Å². The maximum absolute atomic E-state index is 13.1.